The van der Waals surface area contributed by atoms with Crippen molar-refractivity contribution in [3.05, 3.63) is 34.6 Å². The molecule has 0 atom stereocenters. The van der Waals surface area contributed by atoms with E-state index in [0.29, 0.717) is 22.8 Å². The number of nitro groups is 1. The summed E-state index contributed by atoms with van der Waals surface area (Å²) in [6.07, 6.45) is 1.46. The third-order valence-corrected chi connectivity index (χ3v) is 2.95. The molecule has 18 heavy (non-hydrogen) atoms. The number of fused-ring (bicyclic) bond motifs is 1. The largest absolute Gasteiger partial charge is 0.364 e. The van der Waals surface area contributed by atoms with Crippen molar-refractivity contribution in [1.82, 2.24) is 15.3 Å². The van der Waals surface area contributed by atoms with Crippen LogP contribution in [0.3, 0.4) is 0 Å². The monoisotopic (exact) mass is 245 g/mol. The van der Waals surface area contributed by atoms with Crippen LogP contribution in [0.25, 0.3) is 10.9 Å². The van der Waals surface area contributed by atoms with Gasteiger partial charge in [-0.15, -0.1) is 0 Å². The number of rotatable bonds is 3. The van der Waals surface area contributed by atoms with E-state index in [-0.39, 0.29) is 5.69 Å². The fourth-order valence-electron chi connectivity index (χ4n) is 1.86. The molecule has 0 saturated carbocycles. The molecule has 1 aromatic carbocycles. The summed E-state index contributed by atoms with van der Waals surface area (Å²) in [6, 6.07) is 4.91. The molecule has 1 fully saturated rings. The zero-order chi connectivity index (χ0) is 12.5. The average Bonchev–Trinajstić information content (AvgIpc) is 2.33. The number of aromatic nitrogens is 2. The van der Waals surface area contributed by atoms with Crippen LogP contribution < -0.4 is 10.6 Å². The Morgan fingerprint density at radius 3 is 2.89 bits per heavy atom. The summed E-state index contributed by atoms with van der Waals surface area (Å²) in [5, 5.41) is 17.9. The summed E-state index contributed by atoms with van der Waals surface area (Å²) in [5.74, 6) is 0.648. The van der Waals surface area contributed by atoms with Gasteiger partial charge in [0.05, 0.1) is 16.5 Å². The first-order chi connectivity index (χ1) is 8.74. The maximum Gasteiger partial charge on any atom is 0.270 e. The van der Waals surface area contributed by atoms with E-state index in [1.807, 2.05) is 0 Å². The Morgan fingerprint density at radius 1 is 1.39 bits per heavy atom. The third-order valence-electron chi connectivity index (χ3n) is 2.95. The zero-order valence-corrected chi connectivity index (χ0v) is 9.46. The first kappa shape index (κ1) is 10.8. The first-order valence-corrected chi connectivity index (χ1v) is 5.60. The summed E-state index contributed by atoms with van der Waals surface area (Å²) in [4.78, 5) is 18.6. The second-order valence-electron chi connectivity index (χ2n) is 4.18. The van der Waals surface area contributed by atoms with E-state index in [9.17, 15) is 10.1 Å². The number of hydrogen-bond acceptors (Lipinski definition) is 6. The van der Waals surface area contributed by atoms with Crippen LogP contribution in [0.2, 0.25) is 0 Å². The standard InChI is InChI=1S/C11H11N5O2/c17-16(18)8-1-2-10-9(3-8)11(14-6-13-10)15-7-4-12-5-7/h1-3,6-7,12H,4-5H2,(H,13,14,15). The molecular weight excluding hydrogens is 234 g/mol. The van der Waals surface area contributed by atoms with Crippen LogP contribution in [0.4, 0.5) is 11.5 Å². The Balaban J connectivity index is 2.05. The molecule has 0 bridgehead atoms. The quantitative estimate of drug-likeness (QED) is 0.617. The number of non-ortho nitro benzene ring substituents is 1. The lowest BCUT2D eigenvalue weighted by Crippen LogP contribution is -2.51. The molecule has 1 aliphatic rings. The molecule has 7 heteroatoms. The van der Waals surface area contributed by atoms with Crippen LogP contribution in [0.1, 0.15) is 0 Å². The number of benzene rings is 1. The molecule has 1 aromatic heterocycles. The van der Waals surface area contributed by atoms with E-state index in [0.717, 1.165) is 13.1 Å². The van der Waals surface area contributed by atoms with E-state index < -0.39 is 4.92 Å². The van der Waals surface area contributed by atoms with Gasteiger partial charge in [0.2, 0.25) is 0 Å². The van der Waals surface area contributed by atoms with Crippen molar-refractivity contribution in [1.29, 1.82) is 0 Å². The summed E-state index contributed by atoms with van der Waals surface area (Å²) in [6.45, 7) is 1.75. The highest BCUT2D eigenvalue weighted by Gasteiger charge is 2.18. The predicted octanol–water partition coefficient (Wildman–Crippen LogP) is 0.922. The molecule has 92 valence electrons. The normalized spacial score (nSPS) is 15.3. The Hall–Kier alpha value is -2.28. The van der Waals surface area contributed by atoms with E-state index >= 15 is 0 Å². The van der Waals surface area contributed by atoms with E-state index in [4.69, 9.17) is 0 Å². The summed E-state index contributed by atoms with van der Waals surface area (Å²) in [7, 11) is 0. The smallest absolute Gasteiger partial charge is 0.270 e. The fourth-order valence-corrected chi connectivity index (χ4v) is 1.86. The summed E-state index contributed by atoms with van der Waals surface area (Å²) >= 11 is 0. The van der Waals surface area contributed by atoms with Gasteiger partial charge in [-0.1, -0.05) is 0 Å². The molecule has 0 radical (unpaired) electrons. The highest BCUT2D eigenvalue weighted by atomic mass is 16.6. The van der Waals surface area contributed by atoms with Gasteiger partial charge in [-0.05, 0) is 6.07 Å². The van der Waals surface area contributed by atoms with E-state index in [1.165, 1.54) is 18.5 Å². The summed E-state index contributed by atoms with van der Waals surface area (Å²) in [5.41, 5.74) is 0.748. The van der Waals surface area contributed by atoms with Crippen molar-refractivity contribution in [2.24, 2.45) is 0 Å². The molecule has 3 rings (SSSR count). The van der Waals surface area contributed by atoms with Gasteiger partial charge in [0.15, 0.2) is 0 Å². The third kappa shape index (κ3) is 1.84. The van der Waals surface area contributed by atoms with Gasteiger partial charge >= 0.3 is 0 Å². The number of hydrogen-bond donors (Lipinski definition) is 2. The van der Waals surface area contributed by atoms with Crippen LogP contribution in [-0.4, -0.2) is 34.0 Å². The first-order valence-electron chi connectivity index (χ1n) is 5.60. The molecule has 2 N–H and O–H groups in total. The minimum absolute atomic E-state index is 0.0482. The number of nitrogens with zero attached hydrogens (tertiary/aromatic N) is 3. The van der Waals surface area contributed by atoms with Gasteiger partial charge in [-0.2, -0.15) is 0 Å². The van der Waals surface area contributed by atoms with Crippen molar-refractivity contribution in [3.8, 4) is 0 Å². The molecule has 0 aliphatic carbocycles. The topological polar surface area (TPSA) is 93.0 Å². The molecular formula is C11H11N5O2. The minimum Gasteiger partial charge on any atom is -0.364 e. The van der Waals surface area contributed by atoms with Gasteiger partial charge in [0, 0.05) is 30.6 Å². The molecule has 0 amide bonds. The van der Waals surface area contributed by atoms with Crippen molar-refractivity contribution < 1.29 is 4.92 Å². The van der Waals surface area contributed by atoms with Crippen molar-refractivity contribution in [2.75, 3.05) is 18.4 Å². The lowest BCUT2D eigenvalue weighted by atomic mass is 10.1. The van der Waals surface area contributed by atoms with Crippen LogP contribution in [0.15, 0.2) is 24.5 Å². The molecule has 1 saturated heterocycles. The fraction of sp³-hybridized carbons (Fsp3) is 0.273. The second kappa shape index (κ2) is 4.19. The Bertz CT molecular complexity index is 611. The zero-order valence-electron chi connectivity index (χ0n) is 9.46. The van der Waals surface area contributed by atoms with Gasteiger partial charge in [-0.25, -0.2) is 9.97 Å². The molecule has 0 spiro atoms. The molecule has 7 nitrogen and oxygen atoms in total. The molecule has 2 aromatic rings. The van der Waals surface area contributed by atoms with Crippen LogP contribution in [-0.2, 0) is 0 Å². The lowest BCUT2D eigenvalue weighted by Gasteiger charge is -2.28. The number of nitro benzene ring substituents is 1. The minimum atomic E-state index is -0.416. The van der Waals surface area contributed by atoms with Gasteiger partial charge in [0.25, 0.3) is 5.69 Å². The van der Waals surface area contributed by atoms with Crippen molar-refractivity contribution in [3.63, 3.8) is 0 Å². The maximum atomic E-state index is 10.8. The number of anilines is 1. The molecule has 2 heterocycles. The van der Waals surface area contributed by atoms with E-state index in [1.54, 1.807) is 6.07 Å². The Kier molecular flexibility index (Phi) is 2.52. The van der Waals surface area contributed by atoms with Crippen LogP contribution >= 0.6 is 0 Å². The Labute approximate surface area is 102 Å². The highest BCUT2D eigenvalue weighted by molar-refractivity contribution is 5.90. The van der Waals surface area contributed by atoms with E-state index in [2.05, 4.69) is 20.6 Å². The van der Waals surface area contributed by atoms with Crippen molar-refractivity contribution >= 4 is 22.4 Å². The molecule has 1 aliphatic heterocycles. The lowest BCUT2D eigenvalue weighted by molar-refractivity contribution is -0.384. The highest BCUT2D eigenvalue weighted by Crippen LogP contribution is 2.24. The predicted molar refractivity (Wildman–Crippen MR) is 66.5 cm³/mol. The van der Waals surface area contributed by atoms with Gasteiger partial charge in [0.1, 0.15) is 12.1 Å². The molecule has 0 unspecified atom stereocenters. The maximum absolute atomic E-state index is 10.8. The van der Waals surface area contributed by atoms with Gasteiger partial charge < -0.3 is 10.6 Å². The van der Waals surface area contributed by atoms with Crippen LogP contribution in [0.5, 0.6) is 0 Å². The number of nitrogens with one attached hydrogen (secondary N) is 2. The average molecular weight is 245 g/mol. The van der Waals surface area contributed by atoms with Gasteiger partial charge in [-0.3, -0.25) is 10.1 Å². The summed E-state index contributed by atoms with van der Waals surface area (Å²) < 4.78 is 0. The SMILES string of the molecule is O=[N+]([O-])c1ccc2ncnc(NC3CNC3)c2c1. The van der Waals surface area contributed by atoms with Crippen LogP contribution in [0, 0.1) is 10.1 Å². The second-order valence-corrected chi connectivity index (χ2v) is 4.18. The van der Waals surface area contributed by atoms with Crippen molar-refractivity contribution in [2.45, 2.75) is 6.04 Å². The Morgan fingerprint density at radius 2 is 2.22 bits per heavy atom.